The molecule has 0 heterocycles. The van der Waals surface area contributed by atoms with E-state index in [2.05, 4.69) is 13.5 Å². The molecule has 0 radical (unpaired) electrons. The Bertz CT molecular complexity index is 704. The molecule has 118 valence electrons. The molecule has 2 nitrogen and oxygen atoms in total. The quantitative estimate of drug-likeness (QED) is 0.670. The average molecular weight is 301 g/mol. The highest BCUT2D eigenvalue weighted by Gasteiger charge is 2.59. The Labute approximate surface area is 137 Å². The fourth-order valence-corrected chi connectivity index (χ4v) is 5.97. The molecule has 5 atom stereocenters. The van der Waals surface area contributed by atoms with Crippen molar-refractivity contribution in [3.63, 3.8) is 0 Å². The molecule has 4 aliphatic rings. The molecule has 0 bridgehead atoms. The molecule has 0 aromatic rings. The van der Waals surface area contributed by atoms with Crippen LogP contribution in [-0.2, 0) is 9.59 Å². The summed E-state index contributed by atoms with van der Waals surface area (Å²) in [7, 11) is 0. The van der Waals surface area contributed by atoms with Gasteiger partial charge in [-0.1, -0.05) is 25.9 Å². The van der Waals surface area contributed by atoms with Crippen LogP contribution in [0, 0.1) is 28.6 Å². The largest absolute Gasteiger partial charge is 0.299 e. The van der Waals surface area contributed by atoms with Crippen molar-refractivity contribution in [2.45, 2.75) is 58.7 Å². The van der Waals surface area contributed by atoms with E-state index in [0.29, 0.717) is 30.6 Å². The van der Waals surface area contributed by atoms with Crippen molar-refractivity contribution < 1.29 is 13.7 Å². The minimum Gasteiger partial charge on any atom is -0.299 e. The number of carbonyl (C=O) groups is 2. The zero-order valence-electron chi connectivity index (χ0n) is 16.3. The van der Waals surface area contributed by atoms with Gasteiger partial charge < -0.3 is 0 Å². The lowest BCUT2D eigenvalue weighted by Crippen LogP contribution is -2.51. The average Bonchev–Trinajstić information content (AvgIpc) is 2.82. The zero-order chi connectivity index (χ0) is 18.2. The number of allylic oxidation sites excluding steroid dienone is 2. The molecule has 0 aromatic carbocycles. The summed E-state index contributed by atoms with van der Waals surface area (Å²) in [4.78, 5) is 24.5. The van der Waals surface area contributed by atoms with E-state index < -0.39 is 12.3 Å². The third kappa shape index (κ3) is 1.67. The van der Waals surface area contributed by atoms with Gasteiger partial charge in [0.25, 0.3) is 0 Å². The van der Waals surface area contributed by atoms with E-state index in [1.807, 2.05) is 0 Å². The lowest BCUT2D eigenvalue weighted by atomic mass is 9.47. The first-order chi connectivity index (χ1) is 11.6. The van der Waals surface area contributed by atoms with Crippen LogP contribution in [0.25, 0.3) is 0 Å². The van der Waals surface area contributed by atoms with Crippen LogP contribution in [0.15, 0.2) is 23.8 Å². The molecule has 4 rings (SSSR count). The number of fused-ring (bicyclic) bond motifs is 5. The number of Topliss-reactive ketones (excluding diaryl/α,β-unsaturated/α-hetero) is 1. The van der Waals surface area contributed by atoms with Gasteiger partial charge in [0.15, 0.2) is 5.78 Å². The van der Waals surface area contributed by atoms with E-state index in [1.165, 1.54) is 0 Å². The first-order valence-electron chi connectivity index (χ1n) is 10.1. The highest BCUT2D eigenvalue weighted by molar-refractivity contribution is 5.92. The Kier molecular flexibility index (Phi) is 2.29. The van der Waals surface area contributed by atoms with Gasteiger partial charge in [-0.15, -0.1) is 0 Å². The van der Waals surface area contributed by atoms with Gasteiger partial charge in [-0.25, -0.2) is 0 Å². The van der Waals surface area contributed by atoms with E-state index in [1.54, 1.807) is 6.08 Å². The molecular formula is C20H26O2. The van der Waals surface area contributed by atoms with Crippen molar-refractivity contribution in [1.29, 1.82) is 0 Å². The van der Waals surface area contributed by atoms with E-state index >= 15 is 0 Å². The van der Waals surface area contributed by atoms with Crippen molar-refractivity contribution in [1.82, 2.24) is 0 Å². The van der Waals surface area contributed by atoms with Gasteiger partial charge in [0.05, 0.1) is 0 Å². The van der Waals surface area contributed by atoms with Crippen molar-refractivity contribution in [3.8, 4) is 0 Å². The highest BCUT2D eigenvalue weighted by Crippen LogP contribution is 2.65. The van der Waals surface area contributed by atoms with Crippen LogP contribution in [0.1, 0.15) is 62.8 Å². The predicted molar refractivity (Wildman–Crippen MR) is 86.2 cm³/mol. The summed E-state index contributed by atoms with van der Waals surface area (Å²) in [6.07, 6.45) is 6.05. The summed E-state index contributed by atoms with van der Waals surface area (Å²) < 4.78 is 25.1. The minimum absolute atomic E-state index is 0.0196. The number of ketones is 2. The van der Waals surface area contributed by atoms with Gasteiger partial charge in [0, 0.05) is 22.4 Å². The van der Waals surface area contributed by atoms with Gasteiger partial charge in [0.2, 0.25) is 0 Å². The van der Waals surface area contributed by atoms with Crippen molar-refractivity contribution in [3.05, 3.63) is 23.8 Å². The molecule has 2 heteroatoms. The Morgan fingerprint density at radius 2 is 1.95 bits per heavy atom. The Morgan fingerprint density at radius 3 is 2.73 bits per heavy atom. The number of carbonyl (C=O) groups excluding carboxylic acids is 2. The summed E-state index contributed by atoms with van der Waals surface area (Å²) in [5.74, 6) is 0.849. The molecule has 3 fully saturated rings. The molecule has 0 N–H and O–H groups in total. The standard InChI is InChI=1S/C20H26O2/c1-12-10-14-15-4-5-18(22)20(15,3)9-7-16(14)19(2)8-6-13(21)11-17(12)19/h11,14-16H,1,4-10H2,2-3H3/t14-,15-,16-,19+,20-/m1/s1/i2D3. The Morgan fingerprint density at radius 1 is 1.18 bits per heavy atom. The maximum Gasteiger partial charge on any atom is 0.156 e. The molecule has 0 unspecified atom stereocenters. The minimum atomic E-state index is -2.15. The molecule has 0 amide bonds. The lowest BCUT2D eigenvalue weighted by Gasteiger charge is -2.57. The molecule has 0 spiro atoms. The second-order valence-corrected chi connectivity index (χ2v) is 8.10. The summed E-state index contributed by atoms with van der Waals surface area (Å²) in [5.41, 5.74) is 0.267. The van der Waals surface area contributed by atoms with Gasteiger partial charge in [-0.05, 0) is 66.9 Å². The SMILES string of the molecule is [2H]C([2H])([2H])[C@@]12CCC(=O)C=C1C(=C)C[C@@H]1[C@H]3CCC(=O)[C@]3(C)CC[C@H]12. The second-order valence-electron chi connectivity index (χ2n) is 8.10. The summed E-state index contributed by atoms with van der Waals surface area (Å²) in [6, 6.07) is 0. The molecule has 3 saturated carbocycles. The molecular weight excluding hydrogens is 272 g/mol. The summed E-state index contributed by atoms with van der Waals surface area (Å²) >= 11 is 0. The van der Waals surface area contributed by atoms with Crippen LogP contribution in [0.5, 0.6) is 0 Å². The van der Waals surface area contributed by atoms with E-state index in [9.17, 15) is 9.59 Å². The van der Waals surface area contributed by atoms with Crippen LogP contribution >= 0.6 is 0 Å². The van der Waals surface area contributed by atoms with Gasteiger partial charge in [-0.2, -0.15) is 0 Å². The lowest BCUT2D eigenvalue weighted by molar-refractivity contribution is -0.132. The van der Waals surface area contributed by atoms with Crippen LogP contribution in [0.3, 0.4) is 0 Å². The fourth-order valence-electron chi connectivity index (χ4n) is 5.97. The van der Waals surface area contributed by atoms with Crippen molar-refractivity contribution in [2.24, 2.45) is 28.6 Å². The molecule has 4 aliphatic carbocycles. The van der Waals surface area contributed by atoms with Crippen molar-refractivity contribution >= 4 is 11.6 Å². The normalized spacial score (nSPS) is 50.2. The zero-order valence-corrected chi connectivity index (χ0v) is 13.3. The van der Waals surface area contributed by atoms with Crippen LogP contribution < -0.4 is 0 Å². The van der Waals surface area contributed by atoms with Crippen molar-refractivity contribution in [2.75, 3.05) is 0 Å². The van der Waals surface area contributed by atoms with E-state index in [-0.39, 0.29) is 29.0 Å². The summed E-state index contributed by atoms with van der Waals surface area (Å²) in [6.45, 7) is 4.12. The Balaban J connectivity index is 1.85. The Hall–Kier alpha value is -1.18. The maximum atomic E-state index is 12.5. The monoisotopic (exact) mass is 301 g/mol. The molecule has 0 aliphatic heterocycles. The topological polar surface area (TPSA) is 34.1 Å². The fraction of sp³-hybridized carbons (Fsp3) is 0.700. The molecule has 0 saturated heterocycles. The number of hydrogen-bond donors (Lipinski definition) is 0. The molecule has 22 heavy (non-hydrogen) atoms. The number of rotatable bonds is 0. The first-order valence-corrected chi connectivity index (χ1v) is 8.58. The van der Waals surface area contributed by atoms with Gasteiger partial charge >= 0.3 is 0 Å². The van der Waals surface area contributed by atoms with Crippen LogP contribution in [0.4, 0.5) is 0 Å². The van der Waals surface area contributed by atoms with Gasteiger partial charge in [0.1, 0.15) is 5.78 Å². The summed E-state index contributed by atoms with van der Waals surface area (Å²) in [5, 5.41) is 0. The third-order valence-corrected chi connectivity index (χ3v) is 7.19. The first kappa shape index (κ1) is 11.4. The second kappa shape index (κ2) is 4.43. The van der Waals surface area contributed by atoms with E-state index in [4.69, 9.17) is 4.11 Å². The smallest absolute Gasteiger partial charge is 0.156 e. The third-order valence-electron chi connectivity index (χ3n) is 7.19. The van der Waals surface area contributed by atoms with Crippen LogP contribution in [0.2, 0.25) is 0 Å². The number of hydrogen-bond acceptors (Lipinski definition) is 2. The maximum absolute atomic E-state index is 12.5. The van der Waals surface area contributed by atoms with Crippen LogP contribution in [-0.4, -0.2) is 11.6 Å². The van der Waals surface area contributed by atoms with E-state index in [0.717, 1.165) is 31.3 Å². The van der Waals surface area contributed by atoms with Gasteiger partial charge in [-0.3, -0.25) is 9.59 Å². The predicted octanol–water partition coefficient (Wildman–Crippen LogP) is 4.25. The molecule has 0 aromatic heterocycles. The highest BCUT2D eigenvalue weighted by atomic mass is 16.1.